The second-order valence-corrected chi connectivity index (χ2v) is 3.68. The lowest BCUT2D eigenvalue weighted by Gasteiger charge is -2.25. The molecule has 2 N–H and O–H groups in total. The second kappa shape index (κ2) is 3.06. The molecule has 2 aliphatic heterocycles. The summed E-state index contributed by atoms with van der Waals surface area (Å²) in [6.07, 6.45) is 1.56. The average molecular weight is 197 g/mol. The zero-order valence-electron chi connectivity index (χ0n) is 7.33. The summed E-state index contributed by atoms with van der Waals surface area (Å²) in [6, 6.07) is 0. The number of hydrogen-bond donors (Lipinski definition) is 2. The van der Waals surface area contributed by atoms with E-state index in [1.165, 1.54) is 0 Å². The van der Waals surface area contributed by atoms with Crippen molar-refractivity contribution in [2.75, 3.05) is 0 Å². The van der Waals surface area contributed by atoms with E-state index >= 15 is 0 Å². The molecule has 4 nitrogen and oxygen atoms in total. The fourth-order valence-electron chi connectivity index (χ4n) is 1.68. The van der Waals surface area contributed by atoms with E-state index in [0.29, 0.717) is 5.11 Å². The molecule has 0 bridgehead atoms. The van der Waals surface area contributed by atoms with Gasteiger partial charge in [0.25, 0.3) is 0 Å². The van der Waals surface area contributed by atoms with Crippen LogP contribution >= 0.6 is 12.2 Å². The minimum atomic E-state index is -0.115. The van der Waals surface area contributed by atoms with Gasteiger partial charge in [0.05, 0.1) is 5.92 Å². The zero-order chi connectivity index (χ0) is 9.42. The third-order valence-corrected chi connectivity index (χ3v) is 2.64. The van der Waals surface area contributed by atoms with Gasteiger partial charge >= 0.3 is 0 Å². The van der Waals surface area contributed by atoms with Crippen molar-refractivity contribution in [1.82, 2.24) is 10.6 Å². The SMILES string of the molecule is CCC1=NC2NC(=S)NC(=O)C2C1. The van der Waals surface area contributed by atoms with Crippen LogP contribution in [0.3, 0.4) is 0 Å². The first-order valence-corrected chi connectivity index (χ1v) is 4.78. The molecule has 0 aromatic rings. The van der Waals surface area contributed by atoms with Gasteiger partial charge in [0.1, 0.15) is 6.17 Å². The van der Waals surface area contributed by atoms with E-state index in [-0.39, 0.29) is 18.0 Å². The van der Waals surface area contributed by atoms with Crippen LogP contribution in [0.15, 0.2) is 4.99 Å². The number of fused-ring (bicyclic) bond motifs is 1. The predicted octanol–water partition coefficient (Wildman–Crippen LogP) is 0.188. The molecule has 0 radical (unpaired) electrons. The van der Waals surface area contributed by atoms with Crippen molar-refractivity contribution in [2.45, 2.75) is 25.9 Å². The molecule has 0 aromatic carbocycles. The maximum atomic E-state index is 11.4. The number of carbonyl (C=O) groups is 1. The fraction of sp³-hybridized carbons (Fsp3) is 0.625. The van der Waals surface area contributed by atoms with Crippen LogP contribution in [0.1, 0.15) is 19.8 Å². The highest BCUT2D eigenvalue weighted by Gasteiger charge is 2.38. The first-order valence-electron chi connectivity index (χ1n) is 4.37. The first-order chi connectivity index (χ1) is 6.20. The molecule has 70 valence electrons. The Balaban J connectivity index is 2.17. The van der Waals surface area contributed by atoms with Crippen LogP contribution in [0.2, 0.25) is 0 Å². The summed E-state index contributed by atoms with van der Waals surface area (Å²) in [6.45, 7) is 2.05. The summed E-state index contributed by atoms with van der Waals surface area (Å²) in [5.41, 5.74) is 1.10. The van der Waals surface area contributed by atoms with Crippen LogP contribution in [0, 0.1) is 5.92 Å². The van der Waals surface area contributed by atoms with E-state index in [2.05, 4.69) is 15.6 Å². The van der Waals surface area contributed by atoms with Gasteiger partial charge in [-0.1, -0.05) is 6.92 Å². The van der Waals surface area contributed by atoms with Gasteiger partial charge in [0.2, 0.25) is 5.91 Å². The summed E-state index contributed by atoms with van der Waals surface area (Å²) in [7, 11) is 0. The largest absolute Gasteiger partial charge is 0.340 e. The molecule has 13 heavy (non-hydrogen) atoms. The van der Waals surface area contributed by atoms with Gasteiger partial charge in [-0.3, -0.25) is 9.79 Å². The summed E-state index contributed by atoms with van der Waals surface area (Å²) in [4.78, 5) is 15.8. The summed E-state index contributed by atoms with van der Waals surface area (Å²) < 4.78 is 0. The number of nitrogens with one attached hydrogen (secondary N) is 2. The van der Waals surface area contributed by atoms with Crippen LogP contribution in [-0.4, -0.2) is 22.9 Å². The number of hydrogen-bond acceptors (Lipinski definition) is 3. The number of aliphatic imine (C=N–C) groups is 1. The van der Waals surface area contributed by atoms with E-state index in [1.807, 2.05) is 6.92 Å². The molecule has 2 heterocycles. The molecule has 2 atom stereocenters. The van der Waals surface area contributed by atoms with E-state index in [0.717, 1.165) is 18.6 Å². The van der Waals surface area contributed by atoms with Crippen molar-refractivity contribution < 1.29 is 4.79 Å². The van der Waals surface area contributed by atoms with Crippen LogP contribution < -0.4 is 10.6 Å². The molecule has 0 aromatic heterocycles. The third kappa shape index (κ3) is 1.44. The Labute approximate surface area is 81.8 Å². The number of nitrogens with zero attached hydrogens (tertiary/aromatic N) is 1. The van der Waals surface area contributed by atoms with Crippen molar-refractivity contribution in [1.29, 1.82) is 0 Å². The standard InChI is InChI=1S/C8H11N3OS/c1-2-4-3-5-6(9-4)10-8(13)11-7(5)12/h5-6H,2-3H2,1H3,(H2,10,11,12,13). The molecule has 2 unspecified atom stereocenters. The molecule has 1 saturated heterocycles. The molecule has 2 rings (SSSR count). The summed E-state index contributed by atoms with van der Waals surface area (Å²) in [5, 5.41) is 5.98. The van der Waals surface area contributed by atoms with Gasteiger partial charge in [-0.15, -0.1) is 0 Å². The maximum Gasteiger partial charge on any atom is 0.233 e. The third-order valence-electron chi connectivity index (χ3n) is 2.42. The predicted molar refractivity (Wildman–Crippen MR) is 53.5 cm³/mol. The Morgan fingerprint density at radius 3 is 3.15 bits per heavy atom. The molecule has 5 heteroatoms. The molecule has 1 amide bonds. The van der Waals surface area contributed by atoms with Crippen molar-refractivity contribution in [3.05, 3.63) is 0 Å². The number of amides is 1. The smallest absolute Gasteiger partial charge is 0.233 e. The van der Waals surface area contributed by atoms with Gasteiger partial charge in [-0.05, 0) is 18.6 Å². The highest BCUT2D eigenvalue weighted by molar-refractivity contribution is 7.80. The Morgan fingerprint density at radius 1 is 1.69 bits per heavy atom. The van der Waals surface area contributed by atoms with E-state index in [4.69, 9.17) is 12.2 Å². The van der Waals surface area contributed by atoms with Crippen molar-refractivity contribution >= 4 is 28.9 Å². The van der Waals surface area contributed by atoms with Crippen LogP contribution in [-0.2, 0) is 4.79 Å². The van der Waals surface area contributed by atoms with Crippen molar-refractivity contribution in [3.8, 4) is 0 Å². The number of rotatable bonds is 1. The van der Waals surface area contributed by atoms with Gasteiger partial charge in [-0.25, -0.2) is 0 Å². The van der Waals surface area contributed by atoms with Gasteiger partial charge in [0, 0.05) is 12.1 Å². The summed E-state index contributed by atoms with van der Waals surface area (Å²) in [5.74, 6) is -0.0531. The molecule has 1 fully saturated rings. The van der Waals surface area contributed by atoms with Crippen molar-refractivity contribution in [3.63, 3.8) is 0 Å². The van der Waals surface area contributed by atoms with E-state index in [1.54, 1.807) is 0 Å². The Kier molecular flexibility index (Phi) is 2.03. The maximum absolute atomic E-state index is 11.4. The highest BCUT2D eigenvalue weighted by Crippen LogP contribution is 2.23. The Morgan fingerprint density at radius 2 is 2.46 bits per heavy atom. The lowest BCUT2D eigenvalue weighted by Crippen LogP contribution is -2.55. The Bertz CT molecular complexity index is 300. The zero-order valence-corrected chi connectivity index (χ0v) is 8.15. The molecule has 2 aliphatic rings. The fourth-order valence-corrected chi connectivity index (χ4v) is 1.91. The van der Waals surface area contributed by atoms with Crippen LogP contribution in [0.25, 0.3) is 0 Å². The van der Waals surface area contributed by atoms with Gasteiger partial charge in [-0.2, -0.15) is 0 Å². The lowest BCUT2D eigenvalue weighted by molar-refractivity contribution is -0.124. The lowest BCUT2D eigenvalue weighted by atomic mass is 10.00. The van der Waals surface area contributed by atoms with Gasteiger partial charge < -0.3 is 10.6 Å². The van der Waals surface area contributed by atoms with E-state index in [9.17, 15) is 4.79 Å². The first kappa shape index (κ1) is 8.62. The van der Waals surface area contributed by atoms with Crippen LogP contribution in [0.5, 0.6) is 0 Å². The topological polar surface area (TPSA) is 53.5 Å². The molecular weight excluding hydrogens is 186 g/mol. The minimum Gasteiger partial charge on any atom is -0.340 e. The Hall–Kier alpha value is -0.970. The molecule has 0 aliphatic carbocycles. The number of carbonyl (C=O) groups excluding carboxylic acids is 1. The molecule has 0 spiro atoms. The quantitative estimate of drug-likeness (QED) is 0.590. The molecular formula is C8H11N3OS. The summed E-state index contributed by atoms with van der Waals surface area (Å²) >= 11 is 4.87. The van der Waals surface area contributed by atoms with Crippen LogP contribution in [0.4, 0.5) is 0 Å². The van der Waals surface area contributed by atoms with E-state index < -0.39 is 0 Å². The highest BCUT2D eigenvalue weighted by atomic mass is 32.1. The number of thiocarbonyl (C=S) groups is 1. The monoisotopic (exact) mass is 197 g/mol. The van der Waals surface area contributed by atoms with Crippen molar-refractivity contribution in [2.24, 2.45) is 10.9 Å². The average Bonchev–Trinajstić information content (AvgIpc) is 2.47. The molecule has 0 saturated carbocycles. The van der Waals surface area contributed by atoms with Gasteiger partial charge in [0.15, 0.2) is 5.11 Å². The second-order valence-electron chi connectivity index (χ2n) is 3.27. The normalized spacial score (nSPS) is 31.9. The minimum absolute atomic E-state index is 0.000880.